The first-order valence-corrected chi connectivity index (χ1v) is 4.86. The number of fused-ring (bicyclic) bond motifs is 1. The van der Waals surface area contributed by atoms with Crippen LogP contribution in [0.1, 0.15) is 0 Å². The topological polar surface area (TPSA) is 64.4 Å². The number of hydrogen-bond donors (Lipinski definition) is 1. The van der Waals surface area contributed by atoms with E-state index in [-0.39, 0.29) is 22.2 Å². The van der Waals surface area contributed by atoms with E-state index in [1.165, 1.54) is 26.3 Å². The summed E-state index contributed by atoms with van der Waals surface area (Å²) in [5.74, 6) is 0.152. The Morgan fingerprint density at radius 2 is 2.12 bits per heavy atom. The molecule has 1 aromatic carbocycles. The van der Waals surface area contributed by atoms with Gasteiger partial charge in [0.05, 0.1) is 12.5 Å². The highest BCUT2D eigenvalue weighted by Crippen LogP contribution is 2.31. The molecule has 0 fully saturated rings. The first-order valence-electron chi connectivity index (χ1n) is 4.48. The zero-order valence-electron chi connectivity index (χ0n) is 8.69. The van der Waals surface area contributed by atoms with Crippen molar-refractivity contribution in [1.29, 1.82) is 0 Å². The number of aryl methyl sites for hydroxylation is 1. The second kappa shape index (κ2) is 3.68. The van der Waals surface area contributed by atoms with Crippen molar-refractivity contribution in [2.75, 3.05) is 7.11 Å². The fourth-order valence-electron chi connectivity index (χ4n) is 1.48. The summed E-state index contributed by atoms with van der Waals surface area (Å²) in [6.07, 6.45) is 0. The fraction of sp³-hybridized carbons (Fsp3) is 0.200. The predicted molar refractivity (Wildman–Crippen MR) is 60.2 cm³/mol. The maximum absolute atomic E-state index is 11.7. The van der Waals surface area contributed by atoms with E-state index < -0.39 is 0 Å². The maximum Gasteiger partial charge on any atom is 0.274 e. The van der Waals surface area contributed by atoms with E-state index >= 15 is 0 Å². The molecule has 0 atom stereocenters. The molecule has 5 nitrogen and oxygen atoms in total. The molecular formula is C10H9ClN2O3. The van der Waals surface area contributed by atoms with Gasteiger partial charge in [0.2, 0.25) is 0 Å². The molecule has 0 bridgehead atoms. The zero-order valence-corrected chi connectivity index (χ0v) is 9.45. The van der Waals surface area contributed by atoms with Crippen molar-refractivity contribution < 1.29 is 9.84 Å². The van der Waals surface area contributed by atoms with Gasteiger partial charge in [-0.2, -0.15) is 5.10 Å². The van der Waals surface area contributed by atoms with Crippen molar-refractivity contribution in [3.8, 4) is 11.5 Å². The highest BCUT2D eigenvalue weighted by Gasteiger charge is 2.11. The average molecular weight is 241 g/mol. The van der Waals surface area contributed by atoms with Crippen molar-refractivity contribution >= 4 is 22.4 Å². The summed E-state index contributed by atoms with van der Waals surface area (Å²) in [4.78, 5) is 11.7. The SMILES string of the molecule is COc1cc2c(Cl)nn(C)c(=O)c2cc1O. The number of hydrogen-bond acceptors (Lipinski definition) is 4. The number of aromatic nitrogens is 2. The first-order chi connectivity index (χ1) is 7.54. The molecule has 1 heterocycles. The molecule has 0 radical (unpaired) electrons. The second-order valence-electron chi connectivity index (χ2n) is 3.29. The van der Waals surface area contributed by atoms with Gasteiger partial charge in [-0.3, -0.25) is 4.79 Å². The summed E-state index contributed by atoms with van der Waals surface area (Å²) in [5, 5.41) is 14.4. The van der Waals surface area contributed by atoms with Crippen LogP contribution in [0.15, 0.2) is 16.9 Å². The zero-order chi connectivity index (χ0) is 11.9. The standard InChI is InChI=1S/C10H9ClN2O3/c1-13-10(15)6-3-7(14)8(16-2)4-5(6)9(11)12-13/h3-4,14H,1-2H3. The lowest BCUT2D eigenvalue weighted by Crippen LogP contribution is -2.19. The minimum Gasteiger partial charge on any atom is -0.504 e. The summed E-state index contributed by atoms with van der Waals surface area (Å²) < 4.78 is 6.05. The molecule has 1 aromatic heterocycles. The van der Waals surface area contributed by atoms with Crippen molar-refractivity contribution in [3.05, 3.63) is 27.6 Å². The summed E-state index contributed by atoms with van der Waals surface area (Å²) in [6.45, 7) is 0. The van der Waals surface area contributed by atoms with Crippen molar-refractivity contribution in [1.82, 2.24) is 9.78 Å². The van der Waals surface area contributed by atoms with Gasteiger partial charge in [-0.25, -0.2) is 4.68 Å². The van der Waals surface area contributed by atoms with Crippen LogP contribution in [0.25, 0.3) is 10.8 Å². The van der Waals surface area contributed by atoms with E-state index in [1.54, 1.807) is 0 Å². The van der Waals surface area contributed by atoms with E-state index in [4.69, 9.17) is 16.3 Å². The van der Waals surface area contributed by atoms with E-state index in [2.05, 4.69) is 5.10 Å². The van der Waals surface area contributed by atoms with Gasteiger partial charge >= 0.3 is 0 Å². The number of methoxy groups -OCH3 is 1. The predicted octanol–water partition coefficient (Wildman–Crippen LogP) is 1.30. The molecule has 0 saturated heterocycles. The smallest absolute Gasteiger partial charge is 0.274 e. The first kappa shape index (κ1) is 10.8. The molecule has 0 unspecified atom stereocenters. The van der Waals surface area contributed by atoms with Crippen LogP contribution in [0, 0.1) is 0 Å². The van der Waals surface area contributed by atoms with E-state index in [0.29, 0.717) is 10.8 Å². The van der Waals surface area contributed by atoms with Gasteiger partial charge in [-0.15, -0.1) is 0 Å². The van der Waals surface area contributed by atoms with Crippen LogP contribution >= 0.6 is 11.6 Å². The molecule has 16 heavy (non-hydrogen) atoms. The van der Waals surface area contributed by atoms with E-state index in [0.717, 1.165) is 4.68 Å². The lowest BCUT2D eigenvalue weighted by molar-refractivity contribution is 0.374. The second-order valence-corrected chi connectivity index (χ2v) is 3.65. The summed E-state index contributed by atoms with van der Waals surface area (Å²) in [6, 6.07) is 2.81. The Morgan fingerprint density at radius 1 is 1.44 bits per heavy atom. The number of nitrogens with zero attached hydrogens (tertiary/aromatic N) is 2. The number of phenolic OH excluding ortho intramolecular Hbond substituents is 1. The number of phenols is 1. The molecule has 1 N–H and O–H groups in total. The molecule has 0 aliphatic carbocycles. The molecule has 84 valence electrons. The van der Waals surface area contributed by atoms with E-state index in [1.807, 2.05) is 0 Å². The molecule has 0 aliphatic heterocycles. The summed E-state index contributed by atoms with van der Waals surface area (Å²) in [5.41, 5.74) is -0.322. The third kappa shape index (κ3) is 1.49. The Morgan fingerprint density at radius 3 is 2.75 bits per heavy atom. The lowest BCUT2D eigenvalue weighted by atomic mass is 10.2. The van der Waals surface area contributed by atoms with Crippen molar-refractivity contribution in [2.24, 2.45) is 7.05 Å². The fourth-order valence-corrected chi connectivity index (χ4v) is 1.75. The van der Waals surface area contributed by atoms with Gasteiger partial charge in [0.25, 0.3) is 5.56 Å². The minimum atomic E-state index is -0.322. The van der Waals surface area contributed by atoms with Crippen LogP contribution in [0.3, 0.4) is 0 Å². The Kier molecular flexibility index (Phi) is 2.47. The van der Waals surface area contributed by atoms with Gasteiger partial charge in [0, 0.05) is 12.4 Å². The molecule has 2 rings (SSSR count). The molecule has 0 spiro atoms. The number of benzene rings is 1. The number of aromatic hydroxyl groups is 1. The Bertz CT molecular complexity index is 621. The van der Waals surface area contributed by atoms with Crippen LogP contribution < -0.4 is 10.3 Å². The van der Waals surface area contributed by atoms with Crippen LogP contribution in [0.4, 0.5) is 0 Å². The summed E-state index contributed by atoms with van der Waals surface area (Å²) in [7, 11) is 2.91. The third-order valence-electron chi connectivity index (χ3n) is 2.30. The quantitative estimate of drug-likeness (QED) is 0.816. The van der Waals surface area contributed by atoms with Gasteiger partial charge in [-0.05, 0) is 12.1 Å². The van der Waals surface area contributed by atoms with Crippen molar-refractivity contribution in [3.63, 3.8) is 0 Å². The molecule has 0 amide bonds. The monoisotopic (exact) mass is 240 g/mol. The van der Waals surface area contributed by atoms with Gasteiger partial charge < -0.3 is 9.84 Å². The highest BCUT2D eigenvalue weighted by molar-refractivity contribution is 6.34. The van der Waals surface area contributed by atoms with E-state index in [9.17, 15) is 9.90 Å². The molecule has 0 saturated carbocycles. The normalized spacial score (nSPS) is 10.7. The molecule has 2 aromatic rings. The van der Waals surface area contributed by atoms with Crippen LogP contribution in [-0.4, -0.2) is 22.0 Å². The molecule has 0 aliphatic rings. The van der Waals surface area contributed by atoms with Gasteiger partial charge in [0.15, 0.2) is 16.7 Å². The number of ether oxygens (including phenoxy) is 1. The molecule has 6 heteroatoms. The number of rotatable bonds is 1. The highest BCUT2D eigenvalue weighted by atomic mass is 35.5. The summed E-state index contributed by atoms with van der Waals surface area (Å²) >= 11 is 5.91. The third-order valence-corrected chi connectivity index (χ3v) is 2.58. The Labute approximate surface area is 95.8 Å². The number of halogens is 1. The van der Waals surface area contributed by atoms with Crippen LogP contribution in [-0.2, 0) is 7.05 Å². The lowest BCUT2D eigenvalue weighted by Gasteiger charge is -2.07. The maximum atomic E-state index is 11.7. The van der Waals surface area contributed by atoms with Crippen molar-refractivity contribution in [2.45, 2.75) is 0 Å². The van der Waals surface area contributed by atoms with Crippen LogP contribution in [0.5, 0.6) is 11.5 Å². The minimum absolute atomic E-state index is 0.102. The van der Waals surface area contributed by atoms with Gasteiger partial charge in [-0.1, -0.05) is 11.6 Å². The van der Waals surface area contributed by atoms with Crippen LogP contribution in [0.2, 0.25) is 5.15 Å². The Hall–Kier alpha value is -1.75. The molecular weight excluding hydrogens is 232 g/mol. The van der Waals surface area contributed by atoms with Gasteiger partial charge in [0.1, 0.15) is 0 Å². The Balaban J connectivity index is 2.96. The largest absolute Gasteiger partial charge is 0.504 e. The average Bonchev–Trinajstić information content (AvgIpc) is 2.25.